The molecule has 1 heterocycles. The van der Waals surface area contributed by atoms with E-state index in [1.807, 2.05) is 12.1 Å². The second-order valence-electron chi connectivity index (χ2n) is 3.58. The normalized spacial score (nSPS) is 17.1. The molecule has 1 N–H and O–H groups in total. The Hall–Kier alpha value is -1.08. The number of aromatic nitrogens is 1. The molecule has 14 heavy (non-hydrogen) atoms. The van der Waals surface area contributed by atoms with Gasteiger partial charge in [0, 0.05) is 12.7 Å². The summed E-state index contributed by atoms with van der Waals surface area (Å²) in [5.41, 5.74) is -0.128. The fraction of sp³-hybridized carbons (Fsp3) is 0.400. The number of hydrogen-bond donors (Lipinski definition) is 1. The van der Waals surface area contributed by atoms with Crippen molar-refractivity contribution in [3.8, 4) is 6.07 Å². The molecular weight excluding hydrogens is 242 g/mol. The molecule has 3 nitrogen and oxygen atoms in total. The Balaban J connectivity index is 1.99. The number of halogens is 1. The maximum Gasteiger partial charge on any atom is 0.140 e. The van der Waals surface area contributed by atoms with Crippen LogP contribution in [-0.4, -0.2) is 11.5 Å². The van der Waals surface area contributed by atoms with Crippen LogP contribution >= 0.6 is 15.9 Å². The number of nitriles is 1. The van der Waals surface area contributed by atoms with Gasteiger partial charge in [0.25, 0.3) is 0 Å². The average molecular weight is 252 g/mol. The zero-order valence-electron chi connectivity index (χ0n) is 7.63. The standard InChI is InChI=1S/C10H10BrN3/c11-8-2-1-5-13-9(8)14-7-10(6-12)3-4-10/h1-2,5H,3-4,7H2,(H,13,14). The van der Waals surface area contributed by atoms with E-state index in [-0.39, 0.29) is 5.41 Å². The van der Waals surface area contributed by atoms with Crippen LogP contribution in [0.1, 0.15) is 12.8 Å². The molecule has 2 rings (SSSR count). The van der Waals surface area contributed by atoms with Gasteiger partial charge < -0.3 is 5.32 Å². The molecule has 72 valence electrons. The van der Waals surface area contributed by atoms with Gasteiger partial charge in [-0.1, -0.05) is 0 Å². The predicted octanol–water partition coefficient (Wildman–Crippen LogP) is 2.56. The quantitative estimate of drug-likeness (QED) is 0.899. The summed E-state index contributed by atoms with van der Waals surface area (Å²) < 4.78 is 0.939. The van der Waals surface area contributed by atoms with Crippen LogP contribution in [0.3, 0.4) is 0 Å². The Morgan fingerprint density at radius 3 is 3.00 bits per heavy atom. The molecule has 0 unspecified atom stereocenters. The highest BCUT2D eigenvalue weighted by Gasteiger charge is 2.42. The van der Waals surface area contributed by atoms with Crippen molar-refractivity contribution in [2.45, 2.75) is 12.8 Å². The zero-order chi connectivity index (χ0) is 10.0. The number of anilines is 1. The molecule has 1 aromatic rings. The number of pyridine rings is 1. The van der Waals surface area contributed by atoms with E-state index < -0.39 is 0 Å². The first-order chi connectivity index (χ1) is 6.76. The summed E-state index contributed by atoms with van der Waals surface area (Å²) in [5.74, 6) is 0.814. The Kier molecular flexibility index (Phi) is 2.42. The van der Waals surface area contributed by atoms with Crippen molar-refractivity contribution < 1.29 is 0 Å². The monoisotopic (exact) mass is 251 g/mol. The number of rotatable bonds is 3. The Labute approximate surface area is 91.3 Å². The Morgan fingerprint density at radius 2 is 2.43 bits per heavy atom. The van der Waals surface area contributed by atoms with Crippen molar-refractivity contribution in [1.29, 1.82) is 5.26 Å². The fourth-order valence-electron chi connectivity index (χ4n) is 1.25. The first-order valence-electron chi connectivity index (χ1n) is 4.51. The van der Waals surface area contributed by atoms with Gasteiger partial charge in [0.05, 0.1) is 16.0 Å². The summed E-state index contributed by atoms with van der Waals surface area (Å²) in [4.78, 5) is 4.18. The molecule has 0 bridgehead atoms. The van der Waals surface area contributed by atoms with Gasteiger partial charge in [0.1, 0.15) is 5.82 Å². The molecule has 0 radical (unpaired) electrons. The van der Waals surface area contributed by atoms with Crippen LogP contribution in [0.2, 0.25) is 0 Å². The van der Waals surface area contributed by atoms with Crippen molar-refractivity contribution in [3.63, 3.8) is 0 Å². The molecule has 0 amide bonds. The van der Waals surface area contributed by atoms with E-state index in [0.717, 1.165) is 23.1 Å². The SMILES string of the molecule is N#CC1(CNc2ncccc2Br)CC1. The second kappa shape index (κ2) is 3.58. The van der Waals surface area contributed by atoms with Gasteiger partial charge in [-0.15, -0.1) is 0 Å². The zero-order valence-corrected chi connectivity index (χ0v) is 9.21. The van der Waals surface area contributed by atoms with Gasteiger partial charge in [-0.25, -0.2) is 4.98 Å². The highest BCUT2D eigenvalue weighted by Crippen LogP contribution is 2.44. The molecule has 0 aromatic carbocycles. The first kappa shape index (κ1) is 9.47. The maximum absolute atomic E-state index is 8.88. The van der Waals surface area contributed by atoms with Crippen LogP contribution in [-0.2, 0) is 0 Å². The van der Waals surface area contributed by atoms with Crippen LogP contribution in [0, 0.1) is 16.7 Å². The van der Waals surface area contributed by atoms with Crippen LogP contribution in [0.5, 0.6) is 0 Å². The minimum absolute atomic E-state index is 0.128. The first-order valence-corrected chi connectivity index (χ1v) is 5.31. The van der Waals surface area contributed by atoms with Crippen molar-refractivity contribution >= 4 is 21.7 Å². The van der Waals surface area contributed by atoms with E-state index in [2.05, 4.69) is 32.3 Å². The minimum Gasteiger partial charge on any atom is -0.368 e. The molecule has 1 saturated carbocycles. The number of nitrogens with one attached hydrogen (secondary N) is 1. The van der Waals surface area contributed by atoms with Crippen molar-refractivity contribution in [1.82, 2.24) is 4.98 Å². The van der Waals surface area contributed by atoms with E-state index in [4.69, 9.17) is 5.26 Å². The van der Waals surface area contributed by atoms with Gasteiger partial charge in [-0.05, 0) is 40.9 Å². The van der Waals surface area contributed by atoms with E-state index in [1.54, 1.807) is 6.20 Å². The van der Waals surface area contributed by atoms with Crippen LogP contribution in [0.15, 0.2) is 22.8 Å². The predicted molar refractivity (Wildman–Crippen MR) is 57.7 cm³/mol. The lowest BCUT2D eigenvalue weighted by atomic mass is 10.1. The van der Waals surface area contributed by atoms with Crippen molar-refractivity contribution in [3.05, 3.63) is 22.8 Å². The van der Waals surface area contributed by atoms with Crippen LogP contribution in [0.25, 0.3) is 0 Å². The summed E-state index contributed by atoms with van der Waals surface area (Å²) in [6, 6.07) is 6.14. The number of nitrogens with zero attached hydrogens (tertiary/aromatic N) is 2. The Bertz CT molecular complexity index is 379. The van der Waals surface area contributed by atoms with Gasteiger partial charge in [0.2, 0.25) is 0 Å². The van der Waals surface area contributed by atoms with Crippen molar-refractivity contribution in [2.75, 3.05) is 11.9 Å². The molecule has 0 aliphatic heterocycles. The topological polar surface area (TPSA) is 48.7 Å². The molecule has 0 spiro atoms. The largest absolute Gasteiger partial charge is 0.368 e. The third-order valence-corrected chi connectivity index (χ3v) is 3.08. The number of hydrogen-bond acceptors (Lipinski definition) is 3. The molecule has 1 aliphatic carbocycles. The smallest absolute Gasteiger partial charge is 0.140 e. The van der Waals surface area contributed by atoms with Crippen LogP contribution < -0.4 is 5.32 Å². The molecule has 1 aromatic heterocycles. The third kappa shape index (κ3) is 1.88. The third-order valence-electron chi connectivity index (χ3n) is 2.44. The summed E-state index contributed by atoms with van der Waals surface area (Å²) >= 11 is 3.40. The van der Waals surface area contributed by atoms with Gasteiger partial charge >= 0.3 is 0 Å². The second-order valence-corrected chi connectivity index (χ2v) is 4.43. The lowest BCUT2D eigenvalue weighted by molar-refractivity contribution is 0.708. The highest BCUT2D eigenvalue weighted by atomic mass is 79.9. The summed E-state index contributed by atoms with van der Waals surface area (Å²) in [6.45, 7) is 0.694. The van der Waals surface area contributed by atoms with Gasteiger partial charge in [0.15, 0.2) is 0 Å². The minimum atomic E-state index is -0.128. The van der Waals surface area contributed by atoms with E-state index >= 15 is 0 Å². The summed E-state index contributed by atoms with van der Waals surface area (Å²) in [7, 11) is 0. The van der Waals surface area contributed by atoms with E-state index in [1.165, 1.54) is 0 Å². The maximum atomic E-state index is 8.88. The summed E-state index contributed by atoms with van der Waals surface area (Å²) in [5, 5.41) is 12.1. The molecule has 1 aliphatic rings. The van der Waals surface area contributed by atoms with E-state index in [0.29, 0.717) is 6.54 Å². The van der Waals surface area contributed by atoms with Crippen molar-refractivity contribution in [2.24, 2.45) is 5.41 Å². The molecule has 0 saturated heterocycles. The summed E-state index contributed by atoms with van der Waals surface area (Å²) in [6.07, 6.45) is 3.74. The average Bonchev–Trinajstić information content (AvgIpc) is 2.98. The van der Waals surface area contributed by atoms with Crippen LogP contribution in [0.4, 0.5) is 5.82 Å². The van der Waals surface area contributed by atoms with Gasteiger partial charge in [-0.2, -0.15) is 5.26 Å². The highest BCUT2D eigenvalue weighted by molar-refractivity contribution is 9.10. The lowest BCUT2D eigenvalue weighted by Gasteiger charge is -2.09. The lowest BCUT2D eigenvalue weighted by Crippen LogP contribution is -2.14. The Morgan fingerprint density at radius 1 is 1.64 bits per heavy atom. The van der Waals surface area contributed by atoms with Gasteiger partial charge in [-0.3, -0.25) is 0 Å². The molecule has 0 atom stereocenters. The molecule has 4 heteroatoms. The van der Waals surface area contributed by atoms with E-state index in [9.17, 15) is 0 Å². The molecular formula is C10H10BrN3. The fourth-order valence-corrected chi connectivity index (χ4v) is 1.64. The molecule has 1 fully saturated rings.